The first-order valence-electron chi connectivity index (χ1n) is 5.83. The minimum atomic E-state index is 0.270. The van der Waals surface area contributed by atoms with E-state index >= 15 is 0 Å². The summed E-state index contributed by atoms with van der Waals surface area (Å²) in [7, 11) is 1.75. The molecule has 1 fully saturated rings. The van der Waals surface area contributed by atoms with E-state index in [4.69, 9.17) is 15.7 Å². The molecule has 0 spiro atoms. The minimum Gasteiger partial charge on any atom is -0.398 e. The Morgan fingerprint density at radius 3 is 2.94 bits per heavy atom. The Balaban J connectivity index is 2.09. The predicted octanol–water partition coefficient (Wildman–Crippen LogP) is 2.12. The maximum absolute atomic E-state index is 8.80. The number of benzene rings is 1. The number of hydrogen-bond acceptors (Lipinski definition) is 4. The summed E-state index contributed by atoms with van der Waals surface area (Å²) in [6.07, 6.45) is 3.66. The lowest BCUT2D eigenvalue weighted by molar-refractivity contribution is 0.101. The van der Waals surface area contributed by atoms with E-state index in [0.29, 0.717) is 17.3 Å². The Labute approximate surface area is 101 Å². The van der Waals surface area contributed by atoms with E-state index in [1.165, 1.54) is 6.42 Å². The summed E-state index contributed by atoms with van der Waals surface area (Å²) in [6, 6.07) is 7.84. The quantitative estimate of drug-likeness (QED) is 0.782. The molecule has 4 nitrogen and oxygen atoms in total. The first kappa shape index (κ1) is 11.7. The van der Waals surface area contributed by atoms with E-state index in [1.54, 1.807) is 13.2 Å². The highest BCUT2D eigenvalue weighted by Crippen LogP contribution is 2.26. The standard InChI is InChI=1S/C13H17N3O/c1-17-13-4-2-3-12(13)16-10-6-5-9(8-14)11(15)7-10/h5-7,12-13,16H,2-4,15H2,1H3. The minimum absolute atomic E-state index is 0.270. The summed E-state index contributed by atoms with van der Waals surface area (Å²) in [5.41, 5.74) is 7.77. The van der Waals surface area contributed by atoms with Crippen LogP contribution >= 0.6 is 0 Å². The van der Waals surface area contributed by atoms with Crippen LogP contribution < -0.4 is 11.1 Å². The van der Waals surface area contributed by atoms with Gasteiger partial charge in [0.1, 0.15) is 6.07 Å². The maximum Gasteiger partial charge on any atom is 0.101 e. The van der Waals surface area contributed by atoms with Gasteiger partial charge < -0.3 is 15.8 Å². The highest BCUT2D eigenvalue weighted by molar-refractivity contribution is 5.63. The van der Waals surface area contributed by atoms with Crippen LogP contribution in [0.1, 0.15) is 24.8 Å². The number of rotatable bonds is 3. The smallest absolute Gasteiger partial charge is 0.101 e. The van der Waals surface area contributed by atoms with Crippen molar-refractivity contribution >= 4 is 11.4 Å². The van der Waals surface area contributed by atoms with Gasteiger partial charge in [0.15, 0.2) is 0 Å². The Morgan fingerprint density at radius 1 is 1.47 bits per heavy atom. The second-order valence-corrected chi connectivity index (χ2v) is 4.37. The van der Waals surface area contributed by atoms with Crippen molar-refractivity contribution in [2.45, 2.75) is 31.4 Å². The van der Waals surface area contributed by atoms with Crippen LogP contribution in [0.3, 0.4) is 0 Å². The van der Waals surface area contributed by atoms with Gasteiger partial charge in [-0.05, 0) is 37.5 Å². The molecular weight excluding hydrogens is 214 g/mol. The van der Waals surface area contributed by atoms with Gasteiger partial charge in [0.25, 0.3) is 0 Å². The average molecular weight is 231 g/mol. The van der Waals surface area contributed by atoms with E-state index in [1.807, 2.05) is 12.1 Å². The first-order valence-corrected chi connectivity index (χ1v) is 5.83. The molecule has 1 aromatic rings. The van der Waals surface area contributed by atoms with Crippen LogP contribution in [-0.2, 0) is 4.74 Å². The maximum atomic E-state index is 8.80. The summed E-state index contributed by atoms with van der Waals surface area (Å²) >= 11 is 0. The number of methoxy groups -OCH3 is 1. The monoisotopic (exact) mass is 231 g/mol. The highest BCUT2D eigenvalue weighted by Gasteiger charge is 2.26. The van der Waals surface area contributed by atoms with Crippen LogP contribution in [0.4, 0.5) is 11.4 Å². The van der Waals surface area contributed by atoms with Gasteiger partial charge in [-0.2, -0.15) is 5.26 Å². The molecule has 90 valence electrons. The molecule has 2 rings (SSSR count). The summed E-state index contributed by atoms with van der Waals surface area (Å²) in [6.45, 7) is 0. The molecule has 0 saturated heterocycles. The van der Waals surface area contributed by atoms with E-state index in [2.05, 4.69) is 11.4 Å². The zero-order valence-corrected chi connectivity index (χ0v) is 9.94. The molecule has 17 heavy (non-hydrogen) atoms. The van der Waals surface area contributed by atoms with Gasteiger partial charge in [-0.1, -0.05) is 0 Å². The zero-order valence-electron chi connectivity index (χ0n) is 9.94. The Hall–Kier alpha value is -1.73. The predicted molar refractivity (Wildman–Crippen MR) is 67.6 cm³/mol. The molecule has 0 amide bonds. The number of anilines is 2. The van der Waals surface area contributed by atoms with Crippen molar-refractivity contribution in [3.05, 3.63) is 23.8 Å². The SMILES string of the molecule is COC1CCCC1Nc1ccc(C#N)c(N)c1. The largest absolute Gasteiger partial charge is 0.398 e. The molecule has 0 bridgehead atoms. The van der Waals surface area contributed by atoms with Crippen molar-refractivity contribution in [1.82, 2.24) is 0 Å². The Bertz CT molecular complexity index is 439. The highest BCUT2D eigenvalue weighted by atomic mass is 16.5. The molecule has 2 atom stereocenters. The fourth-order valence-electron chi connectivity index (χ4n) is 2.34. The van der Waals surface area contributed by atoms with Gasteiger partial charge in [0.2, 0.25) is 0 Å². The zero-order chi connectivity index (χ0) is 12.3. The topological polar surface area (TPSA) is 71.1 Å². The van der Waals surface area contributed by atoms with Crippen LogP contribution in [0.15, 0.2) is 18.2 Å². The second-order valence-electron chi connectivity index (χ2n) is 4.37. The molecule has 3 N–H and O–H groups in total. The van der Waals surface area contributed by atoms with E-state index in [-0.39, 0.29) is 6.10 Å². The molecule has 0 heterocycles. The van der Waals surface area contributed by atoms with Gasteiger partial charge in [-0.25, -0.2) is 0 Å². The normalized spacial score (nSPS) is 23.3. The fourth-order valence-corrected chi connectivity index (χ4v) is 2.34. The first-order chi connectivity index (χ1) is 8.24. The summed E-state index contributed by atoms with van der Waals surface area (Å²) in [4.78, 5) is 0. The van der Waals surface area contributed by atoms with Gasteiger partial charge in [-0.3, -0.25) is 0 Å². The molecule has 0 aliphatic heterocycles. The molecule has 1 aliphatic carbocycles. The van der Waals surface area contributed by atoms with Crippen LogP contribution in [0.25, 0.3) is 0 Å². The van der Waals surface area contributed by atoms with E-state index in [9.17, 15) is 0 Å². The molecule has 2 unspecified atom stereocenters. The average Bonchev–Trinajstić information content (AvgIpc) is 2.76. The number of nitrogens with two attached hydrogens (primary N) is 1. The number of nitriles is 1. The van der Waals surface area contributed by atoms with Gasteiger partial charge >= 0.3 is 0 Å². The van der Waals surface area contributed by atoms with Gasteiger partial charge in [0.05, 0.1) is 23.4 Å². The molecular formula is C13H17N3O. The lowest BCUT2D eigenvalue weighted by atomic mass is 10.1. The van der Waals surface area contributed by atoms with Crippen molar-refractivity contribution in [1.29, 1.82) is 5.26 Å². The van der Waals surface area contributed by atoms with Crippen molar-refractivity contribution in [3.63, 3.8) is 0 Å². The summed E-state index contributed by atoms with van der Waals surface area (Å²) in [5.74, 6) is 0. The number of nitrogen functional groups attached to an aromatic ring is 1. The van der Waals surface area contributed by atoms with E-state index < -0.39 is 0 Å². The van der Waals surface area contributed by atoms with Crippen molar-refractivity contribution in [2.24, 2.45) is 0 Å². The third-order valence-electron chi connectivity index (χ3n) is 3.28. The molecule has 4 heteroatoms. The molecule has 0 radical (unpaired) electrons. The second kappa shape index (κ2) is 5.07. The lowest BCUT2D eigenvalue weighted by Gasteiger charge is -2.21. The number of ether oxygens (including phenoxy) is 1. The van der Waals surface area contributed by atoms with Crippen molar-refractivity contribution in [3.8, 4) is 6.07 Å². The number of hydrogen-bond donors (Lipinski definition) is 2. The Kier molecular flexibility index (Phi) is 3.50. The Morgan fingerprint density at radius 2 is 2.29 bits per heavy atom. The van der Waals surface area contributed by atoms with Crippen LogP contribution in [0.2, 0.25) is 0 Å². The summed E-state index contributed by atoms with van der Waals surface area (Å²) < 4.78 is 5.43. The van der Waals surface area contributed by atoms with Gasteiger partial charge in [-0.15, -0.1) is 0 Å². The fraction of sp³-hybridized carbons (Fsp3) is 0.462. The number of nitrogens with one attached hydrogen (secondary N) is 1. The summed E-state index contributed by atoms with van der Waals surface area (Å²) in [5, 5.41) is 12.2. The van der Waals surface area contributed by atoms with Crippen molar-refractivity contribution in [2.75, 3.05) is 18.2 Å². The molecule has 1 aromatic carbocycles. The molecule has 1 aliphatic rings. The molecule has 0 aromatic heterocycles. The van der Waals surface area contributed by atoms with Crippen LogP contribution in [0, 0.1) is 11.3 Å². The van der Waals surface area contributed by atoms with Gasteiger partial charge in [0, 0.05) is 12.8 Å². The van der Waals surface area contributed by atoms with E-state index in [0.717, 1.165) is 18.5 Å². The van der Waals surface area contributed by atoms with Crippen LogP contribution in [0.5, 0.6) is 0 Å². The third-order valence-corrected chi connectivity index (χ3v) is 3.28. The van der Waals surface area contributed by atoms with Crippen molar-refractivity contribution < 1.29 is 4.74 Å². The third kappa shape index (κ3) is 2.51. The number of nitrogens with zero attached hydrogens (tertiary/aromatic N) is 1. The molecule has 1 saturated carbocycles. The van der Waals surface area contributed by atoms with Crippen LogP contribution in [-0.4, -0.2) is 19.3 Å². The lowest BCUT2D eigenvalue weighted by Crippen LogP contribution is -2.29.